The molecule has 88 valence electrons. The van der Waals surface area contributed by atoms with Crippen molar-refractivity contribution in [2.24, 2.45) is 0 Å². The molecule has 0 aliphatic rings. The first kappa shape index (κ1) is 11.3. The minimum Gasteiger partial charge on any atom is -0.381 e. The monoisotopic (exact) mass is 232 g/mol. The van der Waals surface area contributed by atoms with Crippen LogP contribution in [0.25, 0.3) is 11.3 Å². The molecule has 2 N–H and O–H groups in total. The molecule has 4 nitrogen and oxygen atoms in total. The molecule has 1 aromatic carbocycles. The van der Waals surface area contributed by atoms with Crippen LogP contribution in [0.1, 0.15) is 0 Å². The van der Waals surface area contributed by atoms with Gasteiger partial charge in [0.05, 0.1) is 0 Å². The number of nitrogens with zero attached hydrogens (tertiary/aromatic N) is 3. The van der Waals surface area contributed by atoms with Crippen LogP contribution >= 0.6 is 0 Å². The van der Waals surface area contributed by atoms with E-state index in [9.17, 15) is 4.39 Å². The van der Waals surface area contributed by atoms with Crippen molar-refractivity contribution in [1.82, 2.24) is 9.97 Å². The average molecular weight is 232 g/mol. The van der Waals surface area contributed by atoms with Crippen LogP contribution < -0.4 is 10.6 Å². The largest absolute Gasteiger partial charge is 0.381 e. The number of anilines is 2. The van der Waals surface area contributed by atoms with E-state index in [2.05, 4.69) is 9.97 Å². The number of halogens is 1. The Morgan fingerprint density at radius 3 is 2.35 bits per heavy atom. The van der Waals surface area contributed by atoms with E-state index in [-0.39, 0.29) is 11.5 Å². The van der Waals surface area contributed by atoms with Crippen molar-refractivity contribution in [2.45, 2.75) is 0 Å². The molecule has 1 heterocycles. The summed E-state index contributed by atoms with van der Waals surface area (Å²) in [5.74, 6) is -0.327. The van der Waals surface area contributed by atoms with Crippen molar-refractivity contribution in [2.75, 3.05) is 24.7 Å². The van der Waals surface area contributed by atoms with E-state index in [1.807, 2.05) is 18.2 Å². The summed E-state index contributed by atoms with van der Waals surface area (Å²) in [5.41, 5.74) is 6.45. The van der Waals surface area contributed by atoms with Gasteiger partial charge < -0.3 is 10.6 Å². The van der Waals surface area contributed by atoms with Crippen molar-refractivity contribution >= 4 is 11.8 Å². The zero-order valence-corrected chi connectivity index (χ0v) is 9.68. The quantitative estimate of drug-likeness (QED) is 0.859. The van der Waals surface area contributed by atoms with Crippen LogP contribution in [0.3, 0.4) is 0 Å². The molecule has 0 bridgehead atoms. The smallest absolute Gasteiger partial charge is 0.227 e. The van der Waals surface area contributed by atoms with Crippen molar-refractivity contribution in [3.63, 3.8) is 0 Å². The van der Waals surface area contributed by atoms with Crippen LogP contribution in [0.5, 0.6) is 0 Å². The third kappa shape index (κ3) is 2.18. The Morgan fingerprint density at radius 1 is 1.12 bits per heavy atom. The summed E-state index contributed by atoms with van der Waals surface area (Å²) in [7, 11) is 3.56. The number of hydrogen-bond acceptors (Lipinski definition) is 4. The Hall–Kier alpha value is -2.17. The van der Waals surface area contributed by atoms with Crippen molar-refractivity contribution < 1.29 is 4.39 Å². The van der Waals surface area contributed by atoms with Gasteiger partial charge in [0.1, 0.15) is 5.69 Å². The van der Waals surface area contributed by atoms with Gasteiger partial charge in [0.25, 0.3) is 0 Å². The summed E-state index contributed by atoms with van der Waals surface area (Å²) in [4.78, 5) is 9.72. The fourth-order valence-electron chi connectivity index (χ4n) is 1.44. The number of nitrogens with two attached hydrogens (primary N) is 1. The average Bonchev–Trinajstić information content (AvgIpc) is 2.33. The Bertz CT molecular complexity index is 526. The molecule has 0 spiro atoms. The Morgan fingerprint density at radius 2 is 1.76 bits per heavy atom. The molecule has 2 aromatic rings. The van der Waals surface area contributed by atoms with Crippen LogP contribution in [-0.4, -0.2) is 24.1 Å². The molecular weight excluding hydrogens is 219 g/mol. The number of benzene rings is 1. The van der Waals surface area contributed by atoms with Crippen LogP contribution in [0.4, 0.5) is 16.2 Å². The third-order valence-corrected chi connectivity index (χ3v) is 2.31. The summed E-state index contributed by atoms with van der Waals surface area (Å²) in [6.45, 7) is 0. The first-order valence-corrected chi connectivity index (χ1v) is 5.15. The maximum atomic E-state index is 13.9. The van der Waals surface area contributed by atoms with Gasteiger partial charge in [-0.2, -0.15) is 4.98 Å². The number of hydrogen-bond donors (Lipinski definition) is 1. The fraction of sp³-hybridized carbons (Fsp3) is 0.167. The lowest BCUT2D eigenvalue weighted by atomic mass is 10.1. The predicted molar refractivity (Wildman–Crippen MR) is 66.2 cm³/mol. The van der Waals surface area contributed by atoms with E-state index in [0.717, 1.165) is 0 Å². The van der Waals surface area contributed by atoms with E-state index in [1.165, 1.54) is 0 Å². The number of rotatable bonds is 2. The second-order valence-electron chi connectivity index (χ2n) is 3.83. The van der Waals surface area contributed by atoms with E-state index in [1.54, 1.807) is 31.1 Å². The van der Waals surface area contributed by atoms with Gasteiger partial charge in [0.15, 0.2) is 11.6 Å². The van der Waals surface area contributed by atoms with Gasteiger partial charge in [-0.15, -0.1) is 0 Å². The summed E-state index contributed by atoms with van der Waals surface area (Å²) in [6.07, 6.45) is 0. The van der Waals surface area contributed by atoms with Gasteiger partial charge in [0.2, 0.25) is 5.95 Å². The zero-order chi connectivity index (χ0) is 12.4. The highest BCUT2D eigenvalue weighted by Gasteiger charge is 2.14. The first-order chi connectivity index (χ1) is 8.09. The Kier molecular flexibility index (Phi) is 2.91. The van der Waals surface area contributed by atoms with Crippen LogP contribution in [0.15, 0.2) is 30.3 Å². The highest BCUT2D eigenvalue weighted by Crippen LogP contribution is 2.25. The highest BCUT2D eigenvalue weighted by molar-refractivity contribution is 5.64. The van der Waals surface area contributed by atoms with Gasteiger partial charge in [-0.25, -0.2) is 9.37 Å². The molecule has 0 fully saturated rings. The molecule has 0 aliphatic heterocycles. The summed E-state index contributed by atoms with van der Waals surface area (Å²) in [5, 5.41) is 0. The van der Waals surface area contributed by atoms with E-state index in [0.29, 0.717) is 11.5 Å². The predicted octanol–water partition coefficient (Wildman–Crippen LogP) is 1.93. The fourth-order valence-corrected chi connectivity index (χ4v) is 1.44. The third-order valence-electron chi connectivity index (χ3n) is 2.31. The lowest BCUT2D eigenvalue weighted by Gasteiger charge is -2.13. The molecule has 1 aromatic heterocycles. The van der Waals surface area contributed by atoms with Crippen molar-refractivity contribution in [1.29, 1.82) is 0 Å². The van der Waals surface area contributed by atoms with E-state index < -0.39 is 5.82 Å². The summed E-state index contributed by atoms with van der Waals surface area (Å²) >= 11 is 0. The minimum absolute atomic E-state index is 0.137. The second kappa shape index (κ2) is 4.37. The maximum Gasteiger partial charge on any atom is 0.227 e. The topological polar surface area (TPSA) is 55.0 Å². The van der Waals surface area contributed by atoms with Gasteiger partial charge in [-0.1, -0.05) is 30.3 Å². The van der Waals surface area contributed by atoms with Gasteiger partial charge in [-0.3, -0.25) is 0 Å². The molecule has 2 rings (SSSR count). The summed E-state index contributed by atoms with van der Waals surface area (Å²) < 4.78 is 13.9. The summed E-state index contributed by atoms with van der Waals surface area (Å²) in [6, 6.07) is 9.07. The lowest BCUT2D eigenvalue weighted by molar-refractivity contribution is 0.623. The second-order valence-corrected chi connectivity index (χ2v) is 3.83. The normalized spacial score (nSPS) is 10.3. The van der Waals surface area contributed by atoms with Gasteiger partial charge in [-0.05, 0) is 0 Å². The Labute approximate surface area is 98.9 Å². The van der Waals surface area contributed by atoms with Gasteiger partial charge in [0, 0.05) is 19.7 Å². The van der Waals surface area contributed by atoms with Crippen molar-refractivity contribution in [3.8, 4) is 11.3 Å². The maximum absolute atomic E-state index is 13.9. The molecule has 0 aliphatic carbocycles. The molecule has 0 saturated carbocycles. The molecule has 0 atom stereocenters. The highest BCUT2D eigenvalue weighted by atomic mass is 19.1. The molecule has 0 unspecified atom stereocenters. The first-order valence-electron chi connectivity index (χ1n) is 5.15. The van der Waals surface area contributed by atoms with Crippen LogP contribution in [0, 0.1) is 5.82 Å². The lowest BCUT2D eigenvalue weighted by Crippen LogP contribution is -2.15. The van der Waals surface area contributed by atoms with E-state index in [4.69, 9.17) is 5.73 Å². The van der Waals surface area contributed by atoms with Crippen LogP contribution in [0.2, 0.25) is 0 Å². The van der Waals surface area contributed by atoms with E-state index >= 15 is 0 Å². The Balaban J connectivity index is 2.61. The number of nitrogen functional groups attached to an aromatic ring is 1. The molecule has 0 radical (unpaired) electrons. The minimum atomic E-state index is -0.582. The standard InChI is InChI=1S/C12H13FN4/c1-17(2)12-15-10(9(13)11(14)16-12)8-6-4-3-5-7-8/h3-7H,1-2H3,(H2,14,15,16). The number of aromatic nitrogens is 2. The zero-order valence-electron chi connectivity index (χ0n) is 9.68. The molecule has 0 amide bonds. The molecule has 5 heteroatoms. The SMILES string of the molecule is CN(C)c1nc(N)c(F)c(-c2ccccc2)n1. The molecule has 0 saturated heterocycles. The van der Waals surface area contributed by atoms with Gasteiger partial charge >= 0.3 is 0 Å². The van der Waals surface area contributed by atoms with Crippen LogP contribution in [-0.2, 0) is 0 Å². The molecular formula is C12H13FN4. The van der Waals surface area contributed by atoms with Crippen molar-refractivity contribution in [3.05, 3.63) is 36.1 Å². The molecule has 17 heavy (non-hydrogen) atoms.